The van der Waals surface area contributed by atoms with E-state index in [2.05, 4.69) is 4.98 Å². The molecule has 0 aliphatic rings. The summed E-state index contributed by atoms with van der Waals surface area (Å²) in [5, 5.41) is 9.11. The Bertz CT molecular complexity index is 816. The van der Waals surface area contributed by atoms with E-state index in [0.29, 0.717) is 17.9 Å². The molecule has 114 valence electrons. The summed E-state index contributed by atoms with van der Waals surface area (Å²) in [6, 6.07) is 19.0. The van der Waals surface area contributed by atoms with Gasteiger partial charge < -0.3 is 9.84 Å². The Balaban J connectivity index is 1.89. The molecule has 0 saturated heterocycles. The van der Waals surface area contributed by atoms with Crippen LogP contribution >= 0.6 is 0 Å². The second-order valence-electron chi connectivity index (χ2n) is 5.04. The van der Waals surface area contributed by atoms with Crippen LogP contribution in [0.1, 0.15) is 15.9 Å². The molecule has 2 aromatic carbocycles. The van der Waals surface area contributed by atoms with E-state index in [1.54, 1.807) is 12.3 Å². The van der Waals surface area contributed by atoms with Gasteiger partial charge in [0.25, 0.3) is 0 Å². The van der Waals surface area contributed by atoms with Crippen molar-refractivity contribution in [3.63, 3.8) is 0 Å². The number of aromatic nitrogens is 1. The molecule has 0 aliphatic heterocycles. The summed E-state index contributed by atoms with van der Waals surface area (Å²) in [7, 11) is 0. The van der Waals surface area contributed by atoms with Crippen molar-refractivity contribution in [3.8, 4) is 16.9 Å². The first-order valence-electron chi connectivity index (χ1n) is 7.18. The lowest BCUT2D eigenvalue weighted by Crippen LogP contribution is -1.99. The molecule has 4 nitrogen and oxygen atoms in total. The molecular weight excluding hydrogens is 290 g/mol. The first-order chi connectivity index (χ1) is 11.2. The number of nitrogens with zero attached hydrogens (tertiary/aromatic N) is 1. The van der Waals surface area contributed by atoms with Crippen molar-refractivity contribution in [1.82, 2.24) is 4.98 Å². The first kappa shape index (κ1) is 14.8. The second kappa shape index (κ2) is 6.75. The predicted octanol–water partition coefficient (Wildman–Crippen LogP) is 4.03. The number of para-hydroxylation sites is 1. The molecule has 0 amide bonds. The van der Waals surface area contributed by atoms with Crippen LogP contribution in [0.15, 0.2) is 73.1 Å². The third-order valence-electron chi connectivity index (χ3n) is 3.42. The number of pyridine rings is 1. The van der Waals surface area contributed by atoms with Gasteiger partial charge in [0.15, 0.2) is 0 Å². The highest BCUT2D eigenvalue weighted by atomic mass is 16.5. The molecular formula is C19H15NO3. The van der Waals surface area contributed by atoms with Crippen LogP contribution in [0.25, 0.3) is 11.1 Å². The summed E-state index contributed by atoms with van der Waals surface area (Å²) < 4.78 is 5.90. The minimum absolute atomic E-state index is 0.153. The van der Waals surface area contributed by atoms with Gasteiger partial charge in [-0.3, -0.25) is 4.98 Å². The van der Waals surface area contributed by atoms with Crippen LogP contribution in [-0.4, -0.2) is 16.1 Å². The number of hydrogen-bond donors (Lipinski definition) is 1. The molecule has 1 heterocycles. The summed E-state index contributed by atoms with van der Waals surface area (Å²) in [6.07, 6.45) is 2.97. The third-order valence-corrected chi connectivity index (χ3v) is 3.42. The molecule has 0 fully saturated rings. The molecule has 3 aromatic rings. The lowest BCUT2D eigenvalue weighted by molar-refractivity contribution is 0.0696. The normalized spacial score (nSPS) is 10.3. The van der Waals surface area contributed by atoms with Gasteiger partial charge in [0, 0.05) is 23.5 Å². The van der Waals surface area contributed by atoms with E-state index in [-0.39, 0.29) is 5.56 Å². The number of hydrogen-bond acceptors (Lipinski definition) is 3. The molecule has 1 N–H and O–H groups in total. The Hall–Kier alpha value is -3.14. The Labute approximate surface area is 134 Å². The minimum Gasteiger partial charge on any atom is -0.488 e. The van der Waals surface area contributed by atoms with E-state index in [1.165, 1.54) is 6.20 Å². The van der Waals surface area contributed by atoms with Gasteiger partial charge in [-0.05, 0) is 17.7 Å². The van der Waals surface area contributed by atoms with E-state index in [1.807, 2.05) is 54.6 Å². The van der Waals surface area contributed by atoms with Crippen LogP contribution in [0, 0.1) is 0 Å². The van der Waals surface area contributed by atoms with Gasteiger partial charge in [-0.1, -0.05) is 48.5 Å². The molecule has 1 aromatic heterocycles. The molecule has 3 rings (SSSR count). The molecule has 23 heavy (non-hydrogen) atoms. The minimum atomic E-state index is -0.998. The van der Waals surface area contributed by atoms with E-state index in [4.69, 9.17) is 9.84 Å². The molecule has 0 atom stereocenters. The predicted molar refractivity (Wildman–Crippen MR) is 87.4 cm³/mol. The van der Waals surface area contributed by atoms with Crippen LogP contribution in [0.2, 0.25) is 0 Å². The highest BCUT2D eigenvalue weighted by molar-refractivity contribution is 5.89. The van der Waals surface area contributed by atoms with Crippen molar-refractivity contribution >= 4 is 5.97 Å². The Morgan fingerprint density at radius 2 is 1.74 bits per heavy atom. The van der Waals surface area contributed by atoms with Crippen LogP contribution in [0.5, 0.6) is 5.75 Å². The number of carbonyl (C=O) groups is 1. The molecule has 0 saturated carbocycles. The van der Waals surface area contributed by atoms with E-state index >= 15 is 0 Å². The maximum atomic E-state index is 11.1. The fraction of sp³-hybridized carbons (Fsp3) is 0.0526. The molecule has 0 spiro atoms. The summed E-state index contributed by atoms with van der Waals surface area (Å²) in [5.74, 6) is -0.303. The van der Waals surface area contributed by atoms with Gasteiger partial charge in [0.2, 0.25) is 0 Å². The van der Waals surface area contributed by atoms with Crippen molar-refractivity contribution in [2.75, 3.05) is 0 Å². The smallest absolute Gasteiger partial charge is 0.337 e. The topological polar surface area (TPSA) is 59.4 Å². The number of rotatable bonds is 5. The highest BCUT2D eigenvalue weighted by Crippen LogP contribution is 2.30. The van der Waals surface area contributed by atoms with E-state index in [9.17, 15) is 4.79 Å². The number of aromatic carboxylic acids is 1. The Kier molecular flexibility index (Phi) is 4.34. The lowest BCUT2D eigenvalue weighted by Gasteiger charge is -2.12. The first-order valence-corrected chi connectivity index (χ1v) is 7.18. The largest absolute Gasteiger partial charge is 0.488 e. The standard InChI is InChI=1S/C19H15NO3/c21-19(22)16-10-15(11-20-12-16)17-8-4-5-9-18(17)23-13-14-6-2-1-3-7-14/h1-12H,13H2,(H,21,22). The fourth-order valence-corrected chi connectivity index (χ4v) is 2.27. The van der Waals surface area contributed by atoms with Crippen molar-refractivity contribution in [2.24, 2.45) is 0 Å². The average Bonchev–Trinajstić information content (AvgIpc) is 2.61. The fourth-order valence-electron chi connectivity index (χ4n) is 2.27. The van der Waals surface area contributed by atoms with Gasteiger partial charge >= 0.3 is 5.97 Å². The van der Waals surface area contributed by atoms with Crippen molar-refractivity contribution < 1.29 is 14.6 Å². The number of ether oxygens (including phenoxy) is 1. The summed E-state index contributed by atoms with van der Waals surface area (Å²) in [5.41, 5.74) is 2.76. The SMILES string of the molecule is O=C(O)c1cncc(-c2ccccc2OCc2ccccc2)c1. The van der Waals surface area contributed by atoms with Crippen molar-refractivity contribution in [2.45, 2.75) is 6.61 Å². The maximum absolute atomic E-state index is 11.1. The van der Waals surface area contributed by atoms with Gasteiger partial charge in [-0.25, -0.2) is 4.79 Å². The average molecular weight is 305 g/mol. The second-order valence-corrected chi connectivity index (χ2v) is 5.04. The zero-order chi connectivity index (χ0) is 16.1. The van der Waals surface area contributed by atoms with Gasteiger partial charge in [0.1, 0.15) is 12.4 Å². The number of benzene rings is 2. The maximum Gasteiger partial charge on any atom is 0.337 e. The monoisotopic (exact) mass is 305 g/mol. The van der Waals surface area contributed by atoms with Crippen molar-refractivity contribution in [3.05, 3.63) is 84.2 Å². The summed E-state index contributed by atoms with van der Waals surface area (Å²) in [4.78, 5) is 15.1. The zero-order valence-corrected chi connectivity index (χ0v) is 12.3. The number of carboxylic acid groups (broad SMARTS) is 1. The van der Waals surface area contributed by atoms with E-state index < -0.39 is 5.97 Å². The number of carboxylic acids is 1. The summed E-state index contributed by atoms with van der Waals surface area (Å²) >= 11 is 0. The van der Waals surface area contributed by atoms with Crippen molar-refractivity contribution in [1.29, 1.82) is 0 Å². The van der Waals surface area contributed by atoms with Crippen LogP contribution in [0.3, 0.4) is 0 Å². The molecule has 0 aliphatic carbocycles. The summed E-state index contributed by atoms with van der Waals surface area (Å²) in [6.45, 7) is 0.448. The van der Waals surface area contributed by atoms with Crippen LogP contribution in [0.4, 0.5) is 0 Å². The molecule has 0 bridgehead atoms. The Morgan fingerprint density at radius 1 is 1.00 bits per heavy atom. The lowest BCUT2D eigenvalue weighted by atomic mass is 10.0. The molecule has 4 heteroatoms. The van der Waals surface area contributed by atoms with Crippen LogP contribution in [-0.2, 0) is 6.61 Å². The molecule has 0 radical (unpaired) electrons. The van der Waals surface area contributed by atoms with Gasteiger partial charge in [0.05, 0.1) is 5.56 Å². The third kappa shape index (κ3) is 3.55. The van der Waals surface area contributed by atoms with Gasteiger partial charge in [-0.2, -0.15) is 0 Å². The Morgan fingerprint density at radius 3 is 2.52 bits per heavy atom. The molecule has 0 unspecified atom stereocenters. The zero-order valence-electron chi connectivity index (χ0n) is 12.3. The highest BCUT2D eigenvalue weighted by Gasteiger charge is 2.10. The van der Waals surface area contributed by atoms with Crippen LogP contribution < -0.4 is 4.74 Å². The van der Waals surface area contributed by atoms with E-state index in [0.717, 1.165) is 11.1 Å². The quantitative estimate of drug-likeness (QED) is 0.773. The van der Waals surface area contributed by atoms with Gasteiger partial charge in [-0.15, -0.1) is 0 Å².